The van der Waals surface area contributed by atoms with Gasteiger partial charge in [-0.2, -0.15) is 0 Å². The molecule has 0 spiro atoms. The molecule has 0 amide bonds. The van der Waals surface area contributed by atoms with Crippen molar-refractivity contribution in [1.82, 2.24) is 0 Å². The first kappa shape index (κ1) is 14.2. The normalized spacial score (nSPS) is 12.0. The highest BCUT2D eigenvalue weighted by Crippen LogP contribution is 2.07. The van der Waals surface area contributed by atoms with Crippen LogP contribution < -0.4 is 0 Å². The van der Waals surface area contributed by atoms with E-state index in [9.17, 15) is 9.59 Å². The first-order valence-electron chi connectivity index (χ1n) is 5.94. The lowest BCUT2D eigenvalue weighted by molar-refractivity contribution is -0.149. The third-order valence-corrected chi connectivity index (χ3v) is 2.14. The maximum absolute atomic E-state index is 11.7. The Kier molecular flexibility index (Phi) is 5.36. The molecule has 0 saturated heterocycles. The van der Waals surface area contributed by atoms with Crippen molar-refractivity contribution in [3.05, 3.63) is 35.9 Å². The first-order valence-corrected chi connectivity index (χ1v) is 5.94. The van der Waals surface area contributed by atoms with Crippen molar-refractivity contribution in [2.24, 2.45) is 0 Å². The van der Waals surface area contributed by atoms with Gasteiger partial charge in [0.15, 0.2) is 0 Å². The van der Waals surface area contributed by atoms with Crippen LogP contribution in [0.25, 0.3) is 0 Å². The van der Waals surface area contributed by atoms with Gasteiger partial charge >= 0.3 is 11.9 Å². The summed E-state index contributed by atoms with van der Waals surface area (Å²) in [5, 5.41) is 0. The van der Waals surface area contributed by atoms with E-state index in [0.29, 0.717) is 5.56 Å². The SMILES string of the molecule is CC(C)OC(=O)CC(C)OC(=O)c1ccccc1. The number of rotatable bonds is 5. The van der Waals surface area contributed by atoms with E-state index in [4.69, 9.17) is 9.47 Å². The lowest BCUT2D eigenvalue weighted by atomic mass is 10.2. The minimum atomic E-state index is -0.496. The van der Waals surface area contributed by atoms with Crippen molar-refractivity contribution in [2.75, 3.05) is 0 Å². The van der Waals surface area contributed by atoms with Crippen LogP contribution in [-0.2, 0) is 14.3 Å². The summed E-state index contributed by atoms with van der Waals surface area (Å²) in [5.74, 6) is -0.793. The smallest absolute Gasteiger partial charge is 0.338 e. The Hall–Kier alpha value is -1.84. The maximum Gasteiger partial charge on any atom is 0.338 e. The number of esters is 2. The molecule has 0 aromatic heterocycles. The van der Waals surface area contributed by atoms with Gasteiger partial charge in [0.1, 0.15) is 6.10 Å². The second kappa shape index (κ2) is 6.79. The van der Waals surface area contributed by atoms with E-state index < -0.39 is 12.1 Å². The summed E-state index contributed by atoms with van der Waals surface area (Å²) in [7, 11) is 0. The molecule has 1 unspecified atom stereocenters. The molecule has 0 radical (unpaired) electrons. The van der Waals surface area contributed by atoms with Crippen LogP contribution in [-0.4, -0.2) is 24.1 Å². The van der Waals surface area contributed by atoms with Gasteiger partial charge in [-0.05, 0) is 32.9 Å². The summed E-state index contributed by atoms with van der Waals surface area (Å²) in [4.78, 5) is 23.1. The molecular weight excluding hydrogens is 232 g/mol. The fourth-order valence-corrected chi connectivity index (χ4v) is 1.41. The van der Waals surface area contributed by atoms with Gasteiger partial charge in [0.05, 0.1) is 18.1 Å². The Morgan fingerprint density at radius 3 is 2.22 bits per heavy atom. The number of benzene rings is 1. The molecule has 0 aliphatic carbocycles. The topological polar surface area (TPSA) is 52.6 Å². The van der Waals surface area contributed by atoms with E-state index in [0.717, 1.165) is 0 Å². The van der Waals surface area contributed by atoms with E-state index in [1.807, 2.05) is 6.07 Å². The van der Waals surface area contributed by atoms with Gasteiger partial charge in [-0.3, -0.25) is 4.79 Å². The van der Waals surface area contributed by atoms with Crippen LogP contribution in [0.1, 0.15) is 37.6 Å². The van der Waals surface area contributed by atoms with Gasteiger partial charge < -0.3 is 9.47 Å². The fraction of sp³-hybridized carbons (Fsp3) is 0.429. The lowest BCUT2D eigenvalue weighted by Crippen LogP contribution is -2.21. The van der Waals surface area contributed by atoms with Crippen molar-refractivity contribution in [3.63, 3.8) is 0 Å². The molecule has 0 bridgehead atoms. The number of carbonyl (C=O) groups is 2. The lowest BCUT2D eigenvalue weighted by Gasteiger charge is -2.14. The van der Waals surface area contributed by atoms with Gasteiger partial charge in [-0.25, -0.2) is 4.79 Å². The van der Waals surface area contributed by atoms with Gasteiger partial charge in [-0.1, -0.05) is 18.2 Å². The molecule has 18 heavy (non-hydrogen) atoms. The molecule has 0 aliphatic heterocycles. The van der Waals surface area contributed by atoms with Crippen LogP contribution in [0.15, 0.2) is 30.3 Å². The molecule has 1 atom stereocenters. The number of carbonyl (C=O) groups excluding carboxylic acids is 2. The van der Waals surface area contributed by atoms with E-state index >= 15 is 0 Å². The van der Waals surface area contributed by atoms with Crippen LogP contribution in [0.5, 0.6) is 0 Å². The molecule has 0 saturated carbocycles. The summed E-state index contributed by atoms with van der Waals surface area (Å²) < 4.78 is 10.1. The fourth-order valence-electron chi connectivity index (χ4n) is 1.41. The molecule has 0 N–H and O–H groups in total. The van der Waals surface area contributed by atoms with Gasteiger partial charge in [0, 0.05) is 0 Å². The molecule has 1 aromatic carbocycles. The Balaban J connectivity index is 2.43. The predicted molar refractivity (Wildman–Crippen MR) is 67.2 cm³/mol. The Bertz CT molecular complexity index is 398. The summed E-state index contributed by atoms with van der Waals surface area (Å²) in [6, 6.07) is 8.67. The minimum Gasteiger partial charge on any atom is -0.463 e. The highest BCUT2D eigenvalue weighted by Gasteiger charge is 2.16. The molecule has 0 aliphatic rings. The van der Waals surface area contributed by atoms with E-state index in [1.54, 1.807) is 45.0 Å². The number of ether oxygens (including phenoxy) is 2. The molecule has 0 heterocycles. The maximum atomic E-state index is 11.7. The quantitative estimate of drug-likeness (QED) is 0.754. The Morgan fingerprint density at radius 1 is 1.06 bits per heavy atom. The third-order valence-electron chi connectivity index (χ3n) is 2.14. The van der Waals surface area contributed by atoms with Crippen molar-refractivity contribution in [1.29, 1.82) is 0 Å². The first-order chi connectivity index (χ1) is 8.49. The zero-order valence-corrected chi connectivity index (χ0v) is 10.9. The van der Waals surface area contributed by atoms with Crippen molar-refractivity contribution >= 4 is 11.9 Å². The number of hydrogen-bond donors (Lipinski definition) is 0. The number of hydrogen-bond acceptors (Lipinski definition) is 4. The van der Waals surface area contributed by atoms with E-state index in [-0.39, 0.29) is 18.5 Å². The highest BCUT2D eigenvalue weighted by molar-refractivity contribution is 5.89. The summed E-state index contributed by atoms with van der Waals surface area (Å²) in [6.45, 7) is 5.22. The minimum absolute atomic E-state index is 0.0662. The van der Waals surface area contributed by atoms with Crippen molar-refractivity contribution in [3.8, 4) is 0 Å². The summed E-state index contributed by atoms with van der Waals surface area (Å²) in [6.07, 6.45) is -0.588. The van der Waals surface area contributed by atoms with Crippen LogP contribution in [0, 0.1) is 0 Å². The van der Waals surface area contributed by atoms with Crippen molar-refractivity contribution in [2.45, 2.75) is 39.4 Å². The zero-order valence-electron chi connectivity index (χ0n) is 10.9. The molecule has 0 fully saturated rings. The monoisotopic (exact) mass is 250 g/mol. The molecule has 1 rings (SSSR count). The van der Waals surface area contributed by atoms with Crippen LogP contribution in [0.2, 0.25) is 0 Å². The molecule has 1 aromatic rings. The van der Waals surface area contributed by atoms with Crippen LogP contribution in [0.3, 0.4) is 0 Å². The predicted octanol–water partition coefficient (Wildman–Crippen LogP) is 2.57. The summed E-state index contributed by atoms with van der Waals surface area (Å²) >= 11 is 0. The summed E-state index contributed by atoms with van der Waals surface area (Å²) in [5.41, 5.74) is 0.474. The Morgan fingerprint density at radius 2 is 1.67 bits per heavy atom. The van der Waals surface area contributed by atoms with E-state index in [1.165, 1.54) is 0 Å². The molecular formula is C14H18O4. The van der Waals surface area contributed by atoms with E-state index in [2.05, 4.69) is 0 Å². The Labute approximate surface area is 107 Å². The highest BCUT2D eigenvalue weighted by atomic mass is 16.6. The van der Waals surface area contributed by atoms with Crippen LogP contribution >= 0.6 is 0 Å². The third kappa shape index (κ3) is 4.99. The molecule has 4 heteroatoms. The van der Waals surface area contributed by atoms with Gasteiger partial charge in [-0.15, -0.1) is 0 Å². The second-order valence-corrected chi connectivity index (χ2v) is 4.32. The average Bonchev–Trinajstić information content (AvgIpc) is 2.28. The van der Waals surface area contributed by atoms with Crippen molar-refractivity contribution < 1.29 is 19.1 Å². The second-order valence-electron chi connectivity index (χ2n) is 4.32. The van der Waals surface area contributed by atoms with Gasteiger partial charge in [0.25, 0.3) is 0 Å². The molecule has 98 valence electrons. The molecule has 4 nitrogen and oxygen atoms in total. The van der Waals surface area contributed by atoms with Gasteiger partial charge in [0.2, 0.25) is 0 Å². The standard InChI is InChI=1S/C14H18O4/c1-10(2)17-13(15)9-11(3)18-14(16)12-7-5-4-6-8-12/h4-8,10-11H,9H2,1-3H3. The average molecular weight is 250 g/mol. The van der Waals surface area contributed by atoms with Crippen LogP contribution in [0.4, 0.5) is 0 Å². The largest absolute Gasteiger partial charge is 0.463 e. The zero-order chi connectivity index (χ0) is 13.5.